The molecule has 0 unspecified atom stereocenters. The highest BCUT2D eigenvalue weighted by atomic mass is 16.5. The van der Waals surface area contributed by atoms with E-state index in [0.717, 1.165) is 27.8 Å². The maximum absolute atomic E-state index is 12.1. The van der Waals surface area contributed by atoms with E-state index in [2.05, 4.69) is 0 Å². The molecule has 26 heavy (non-hydrogen) atoms. The SMILES string of the molecule is COc1cc(/C=C/C(=O)/C=C/c2cc(C)c(CO)c(C)c2)cc(C)c1O. The third kappa shape index (κ3) is 4.61. The van der Waals surface area contributed by atoms with E-state index < -0.39 is 0 Å². The van der Waals surface area contributed by atoms with Crippen molar-refractivity contribution in [3.63, 3.8) is 0 Å². The molecule has 4 heteroatoms. The molecule has 2 rings (SSSR count). The van der Waals surface area contributed by atoms with Gasteiger partial charge in [-0.2, -0.15) is 0 Å². The highest BCUT2D eigenvalue weighted by Crippen LogP contribution is 2.31. The molecule has 0 aliphatic rings. The Morgan fingerprint density at radius 1 is 0.962 bits per heavy atom. The van der Waals surface area contributed by atoms with Gasteiger partial charge >= 0.3 is 0 Å². The first-order valence-corrected chi connectivity index (χ1v) is 8.34. The Kier molecular flexibility index (Phi) is 6.36. The summed E-state index contributed by atoms with van der Waals surface area (Å²) in [6.07, 6.45) is 6.43. The molecule has 2 aromatic carbocycles. The van der Waals surface area contributed by atoms with Crippen molar-refractivity contribution in [3.05, 3.63) is 69.8 Å². The Hall–Kier alpha value is -2.85. The molecule has 0 saturated carbocycles. The number of methoxy groups -OCH3 is 1. The molecular formula is C22H24O4. The Labute approximate surface area is 154 Å². The van der Waals surface area contributed by atoms with Crippen LogP contribution in [0.15, 0.2) is 36.4 Å². The zero-order chi connectivity index (χ0) is 19.3. The molecule has 0 aliphatic heterocycles. The van der Waals surface area contributed by atoms with E-state index in [-0.39, 0.29) is 18.1 Å². The summed E-state index contributed by atoms with van der Waals surface area (Å²) >= 11 is 0. The largest absolute Gasteiger partial charge is 0.504 e. The third-order valence-electron chi connectivity index (χ3n) is 4.26. The van der Waals surface area contributed by atoms with Crippen LogP contribution >= 0.6 is 0 Å². The Bertz CT molecular complexity index is 853. The van der Waals surface area contributed by atoms with Gasteiger partial charge in [0, 0.05) is 0 Å². The van der Waals surface area contributed by atoms with Gasteiger partial charge in [0.15, 0.2) is 17.3 Å². The Balaban J connectivity index is 2.15. The number of hydrogen-bond acceptors (Lipinski definition) is 4. The number of rotatable bonds is 6. The van der Waals surface area contributed by atoms with E-state index in [1.807, 2.05) is 26.0 Å². The summed E-state index contributed by atoms with van der Waals surface area (Å²) in [4.78, 5) is 12.1. The van der Waals surface area contributed by atoms with Gasteiger partial charge in [-0.1, -0.05) is 24.3 Å². The summed E-state index contributed by atoms with van der Waals surface area (Å²) in [6, 6.07) is 7.35. The first-order valence-electron chi connectivity index (χ1n) is 8.34. The molecule has 0 saturated heterocycles. The number of ether oxygens (including phenoxy) is 1. The van der Waals surface area contributed by atoms with Gasteiger partial charge in [-0.3, -0.25) is 4.79 Å². The highest BCUT2D eigenvalue weighted by Gasteiger charge is 2.06. The maximum atomic E-state index is 12.1. The number of phenolic OH excluding ortho intramolecular Hbond substituents is 1. The van der Waals surface area contributed by atoms with Crippen molar-refractivity contribution in [3.8, 4) is 11.5 Å². The van der Waals surface area contributed by atoms with Gasteiger partial charge in [0.1, 0.15) is 0 Å². The summed E-state index contributed by atoms with van der Waals surface area (Å²) < 4.78 is 5.12. The number of phenols is 1. The summed E-state index contributed by atoms with van der Waals surface area (Å²) in [5.74, 6) is 0.340. The number of allylic oxidation sites excluding steroid dienone is 2. The molecule has 0 aliphatic carbocycles. The van der Waals surface area contributed by atoms with Crippen molar-refractivity contribution in [1.82, 2.24) is 0 Å². The van der Waals surface area contributed by atoms with E-state index >= 15 is 0 Å². The van der Waals surface area contributed by atoms with Gasteiger partial charge in [-0.25, -0.2) is 0 Å². The molecule has 0 heterocycles. The van der Waals surface area contributed by atoms with Crippen molar-refractivity contribution in [1.29, 1.82) is 0 Å². The van der Waals surface area contributed by atoms with Crippen LogP contribution < -0.4 is 4.74 Å². The third-order valence-corrected chi connectivity index (χ3v) is 4.26. The second kappa shape index (κ2) is 8.50. The van der Waals surface area contributed by atoms with Gasteiger partial charge in [0.25, 0.3) is 0 Å². The first kappa shape index (κ1) is 19.5. The average Bonchev–Trinajstić information content (AvgIpc) is 2.60. The zero-order valence-corrected chi connectivity index (χ0v) is 15.5. The molecule has 136 valence electrons. The average molecular weight is 352 g/mol. The molecule has 2 aromatic rings. The minimum absolute atomic E-state index is 0.0127. The lowest BCUT2D eigenvalue weighted by atomic mass is 9.99. The maximum Gasteiger partial charge on any atom is 0.178 e. The molecule has 2 N–H and O–H groups in total. The van der Waals surface area contributed by atoms with Crippen LogP contribution in [0.5, 0.6) is 11.5 Å². The lowest BCUT2D eigenvalue weighted by molar-refractivity contribution is -0.110. The highest BCUT2D eigenvalue weighted by molar-refractivity contribution is 6.04. The van der Waals surface area contributed by atoms with Gasteiger partial charge in [0.05, 0.1) is 13.7 Å². The second-order valence-electron chi connectivity index (χ2n) is 6.25. The Morgan fingerprint density at radius 3 is 1.96 bits per heavy atom. The molecule has 0 bridgehead atoms. The number of carbonyl (C=O) groups excluding carboxylic acids is 1. The predicted octanol–water partition coefficient (Wildman–Crippen LogP) is 4.11. The number of carbonyl (C=O) groups is 1. The second-order valence-corrected chi connectivity index (χ2v) is 6.25. The lowest BCUT2D eigenvalue weighted by Gasteiger charge is -2.08. The molecule has 0 atom stereocenters. The fraction of sp³-hybridized carbons (Fsp3) is 0.227. The molecule has 4 nitrogen and oxygen atoms in total. The quantitative estimate of drug-likeness (QED) is 0.768. The van der Waals surface area contributed by atoms with Gasteiger partial charge < -0.3 is 14.9 Å². The van der Waals surface area contributed by atoms with E-state index in [9.17, 15) is 15.0 Å². The number of aryl methyl sites for hydroxylation is 3. The smallest absolute Gasteiger partial charge is 0.178 e. The normalized spacial score (nSPS) is 11.4. The van der Waals surface area contributed by atoms with Gasteiger partial charge in [0.2, 0.25) is 0 Å². The molecule has 0 aromatic heterocycles. The zero-order valence-electron chi connectivity index (χ0n) is 15.5. The van der Waals surface area contributed by atoms with Crippen molar-refractivity contribution in [2.45, 2.75) is 27.4 Å². The lowest BCUT2D eigenvalue weighted by Crippen LogP contribution is -1.94. The number of aliphatic hydroxyl groups is 1. The fourth-order valence-electron chi connectivity index (χ4n) is 2.81. The van der Waals surface area contributed by atoms with Gasteiger partial charge in [-0.05, 0) is 78.4 Å². The van der Waals surface area contributed by atoms with Crippen LogP contribution in [0.3, 0.4) is 0 Å². The summed E-state index contributed by atoms with van der Waals surface area (Å²) in [7, 11) is 1.49. The summed E-state index contributed by atoms with van der Waals surface area (Å²) in [6.45, 7) is 5.67. The van der Waals surface area contributed by atoms with Crippen LogP contribution in [0.25, 0.3) is 12.2 Å². The Morgan fingerprint density at radius 2 is 1.46 bits per heavy atom. The van der Waals surface area contributed by atoms with Crippen LogP contribution in [-0.2, 0) is 11.4 Å². The van der Waals surface area contributed by atoms with E-state index in [1.165, 1.54) is 19.3 Å². The van der Waals surface area contributed by atoms with Crippen LogP contribution in [0, 0.1) is 20.8 Å². The summed E-state index contributed by atoms with van der Waals surface area (Å²) in [5.41, 5.74) is 5.30. The number of benzene rings is 2. The van der Waals surface area contributed by atoms with E-state index in [0.29, 0.717) is 11.3 Å². The molecular weight excluding hydrogens is 328 g/mol. The van der Waals surface area contributed by atoms with Crippen molar-refractivity contribution < 1.29 is 19.7 Å². The van der Waals surface area contributed by atoms with Gasteiger partial charge in [-0.15, -0.1) is 0 Å². The summed E-state index contributed by atoms with van der Waals surface area (Å²) in [5, 5.41) is 19.2. The van der Waals surface area contributed by atoms with Crippen LogP contribution in [0.4, 0.5) is 0 Å². The fourth-order valence-corrected chi connectivity index (χ4v) is 2.81. The number of hydrogen-bond donors (Lipinski definition) is 2. The van der Waals surface area contributed by atoms with Crippen molar-refractivity contribution in [2.24, 2.45) is 0 Å². The van der Waals surface area contributed by atoms with Crippen molar-refractivity contribution in [2.75, 3.05) is 7.11 Å². The van der Waals surface area contributed by atoms with Crippen LogP contribution in [-0.4, -0.2) is 23.1 Å². The first-order chi connectivity index (χ1) is 12.3. The van der Waals surface area contributed by atoms with Crippen LogP contribution in [0.2, 0.25) is 0 Å². The standard InChI is InChI=1S/C22H24O4/c1-14-9-17(10-15(2)20(14)13-23)5-7-19(24)8-6-18-11-16(3)22(25)21(12-18)26-4/h5-12,23,25H,13H2,1-4H3/b7-5+,8-6+. The topological polar surface area (TPSA) is 66.8 Å². The molecule has 0 amide bonds. The number of aromatic hydroxyl groups is 1. The monoisotopic (exact) mass is 352 g/mol. The number of aliphatic hydroxyl groups excluding tert-OH is 1. The minimum Gasteiger partial charge on any atom is -0.504 e. The minimum atomic E-state index is -0.142. The number of ketones is 1. The predicted molar refractivity (Wildman–Crippen MR) is 104 cm³/mol. The van der Waals surface area contributed by atoms with Crippen LogP contribution in [0.1, 0.15) is 33.4 Å². The van der Waals surface area contributed by atoms with E-state index in [1.54, 1.807) is 31.2 Å². The molecule has 0 spiro atoms. The van der Waals surface area contributed by atoms with Crippen molar-refractivity contribution >= 4 is 17.9 Å². The molecule has 0 radical (unpaired) electrons. The molecule has 0 fully saturated rings. The van der Waals surface area contributed by atoms with E-state index in [4.69, 9.17) is 4.74 Å².